The van der Waals surface area contributed by atoms with Crippen molar-refractivity contribution in [3.05, 3.63) is 18.7 Å². The molecule has 0 saturated heterocycles. The fraction of sp³-hybridized carbons (Fsp3) is 0.500. The molecule has 13 heavy (non-hydrogen) atoms. The summed E-state index contributed by atoms with van der Waals surface area (Å²) in [4.78, 5) is 3.60. The van der Waals surface area contributed by atoms with Crippen molar-refractivity contribution in [2.45, 2.75) is 13.3 Å². The summed E-state index contributed by atoms with van der Waals surface area (Å²) >= 11 is 0. The van der Waals surface area contributed by atoms with Crippen molar-refractivity contribution < 1.29 is 43.6 Å². The van der Waals surface area contributed by atoms with Crippen LogP contribution >= 0.6 is 0 Å². The molecule has 5 nitrogen and oxygen atoms in total. The topological polar surface area (TPSA) is 61.2 Å². The van der Waals surface area contributed by atoms with Crippen molar-refractivity contribution in [1.29, 1.82) is 0 Å². The molecule has 0 amide bonds. The Bertz CT molecular complexity index is 327. The second-order valence-corrected chi connectivity index (χ2v) is 3.69. The SMILES string of the molecule is CCCOS(=O)(=O)n1ccnc1.[H-].[Na+]. The van der Waals surface area contributed by atoms with E-state index in [1.807, 2.05) is 6.92 Å². The summed E-state index contributed by atoms with van der Waals surface area (Å²) in [6.07, 6.45) is 4.55. The van der Waals surface area contributed by atoms with E-state index >= 15 is 0 Å². The molecule has 1 rings (SSSR count). The predicted molar refractivity (Wildman–Crippen MR) is 43.9 cm³/mol. The van der Waals surface area contributed by atoms with Crippen molar-refractivity contribution in [2.75, 3.05) is 6.61 Å². The minimum Gasteiger partial charge on any atom is -1.00 e. The molecular formula is C6H11N2NaO3S. The third-order valence-electron chi connectivity index (χ3n) is 1.17. The van der Waals surface area contributed by atoms with Crippen LogP contribution in [0, 0.1) is 0 Å². The molecule has 1 heterocycles. The fourth-order valence-corrected chi connectivity index (χ4v) is 1.50. The second kappa shape index (κ2) is 5.77. The molecule has 0 aliphatic carbocycles. The van der Waals surface area contributed by atoms with Crippen LogP contribution in [0.4, 0.5) is 0 Å². The van der Waals surface area contributed by atoms with Crippen molar-refractivity contribution in [2.24, 2.45) is 0 Å². The Balaban J connectivity index is 0. The maximum absolute atomic E-state index is 11.2. The quantitative estimate of drug-likeness (QED) is 0.521. The van der Waals surface area contributed by atoms with Crippen molar-refractivity contribution >= 4 is 10.3 Å². The van der Waals surface area contributed by atoms with E-state index in [4.69, 9.17) is 0 Å². The second-order valence-electron chi connectivity index (χ2n) is 2.17. The number of aromatic nitrogens is 2. The van der Waals surface area contributed by atoms with Crippen molar-refractivity contribution in [1.82, 2.24) is 8.96 Å². The summed E-state index contributed by atoms with van der Waals surface area (Å²) < 4.78 is 27.9. The number of rotatable bonds is 4. The van der Waals surface area contributed by atoms with E-state index < -0.39 is 10.3 Å². The molecule has 70 valence electrons. The largest absolute Gasteiger partial charge is 1.00 e. The van der Waals surface area contributed by atoms with Gasteiger partial charge in [0.1, 0.15) is 6.33 Å². The average molecular weight is 214 g/mol. The smallest absolute Gasteiger partial charge is 1.00 e. The minimum absolute atomic E-state index is 0. The van der Waals surface area contributed by atoms with Crippen LogP contribution in [0.3, 0.4) is 0 Å². The molecule has 0 fully saturated rings. The van der Waals surface area contributed by atoms with Gasteiger partial charge in [0, 0.05) is 12.4 Å². The van der Waals surface area contributed by atoms with E-state index in [1.165, 1.54) is 18.7 Å². The molecule has 0 atom stereocenters. The Labute approximate surface area is 101 Å². The van der Waals surface area contributed by atoms with Gasteiger partial charge in [0.05, 0.1) is 6.61 Å². The first kappa shape index (κ1) is 13.1. The molecule has 0 radical (unpaired) electrons. The van der Waals surface area contributed by atoms with Gasteiger partial charge in [0.15, 0.2) is 0 Å². The van der Waals surface area contributed by atoms with Gasteiger partial charge in [-0.1, -0.05) is 6.92 Å². The van der Waals surface area contributed by atoms with Gasteiger partial charge in [-0.3, -0.25) is 4.18 Å². The van der Waals surface area contributed by atoms with Crippen LogP contribution in [0.25, 0.3) is 0 Å². The maximum Gasteiger partial charge on any atom is 1.00 e. The molecule has 0 aliphatic rings. The van der Waals surface area contributed by atoms with E-state index in [-0.39, 0.29) is 37.6 Å². The first-order valence-electron chi connectivity index (χ1n) is 3.54. The summed E-state index contributed by atoms with van der Waals surface area (Å²) in [7, 11) is -3.62. The number of imidazole rings is 1. The fourth-order valence-electron chi connectivity index (χ4n) is 0.629. The van der Waals surface area contributed by atoms with E-state index in [0.717, 1.165) is 3.97 Å². The normalized spacial score (nSPS) is 10.8. The number of hydrogen-bond acceptors (Lipinski definition) is 4. The van der Waals surface area contributed by atoms with E-state index in [1.54, 1.807) is 0 Å². The molecule has 0 N–H and O–H groups in total. The van der Waals surface area contributed by atoms with Crippen LogP contribution in [0.5, 0.6) is 0 Å². The Morgan fingerprint density at radius 1 is 1.62 bits per heavy atom. The average Bonchev–Trinajstić information content (AvgIpc) is 2.53. The number of hydrogen-bond donors (Lipinski definition) is 0. The first-order chi connectivity index (χ1) is 5.67. The summed E-state index contributed by atoms with van der Waals surface area (Å²) in [5.41, 5.74) is 0. The van der Waals surface area contributed by atoms with Gasteiger partial charge in [-0.05, 0) is 6.42 Å². The van der Waals surface area contributed by atoms with Gasteiger partial charge in [-0.2, -0.15) is 8.42 Å². The summed E-state index contributed by atoms with van der Waals surface area (Å²) in [5, 5.41) is 0. The number of nitrogens with zero attached hydrogens (tertiary/aromatic N) is 2. The zero-order valence-corrected chi connectivity index (χ0v) is 10.5. The molecule has 0 aromatic carbocycles. The maximum atomic E-state index is 11.2. The monoisotopic (exact) mass is 214 g/mol. The molecule has 0 spiro atoms. The Kier molecular flexibility index (Phi) is 5.82. The van der Waals surface area contributed by atoms with Crippen molar-refractivity contribution in [3.8, 4) is 0 Å². The molecular weight excluding hydrogens is 203 g/mol. The molecule has 1 aromatic heterocycles. The predicted octanol–water partition coefficient (Wildman–Crippen LogP) is -2.48. The Morgan fingerprint density at radius 2 is 2.31 bits per heavy atom. The van der Waals surface area contributed by atoms with Gasteiger partial charge in [-0.15, -0.1) is 0 Å². The third kappa shape index (κ3) is 3.78. The minimum atomic E-state index is -3.62. The molecule has 7 heteroatoms. The van der Waals surface area contributed by atoms with Gasteiger partial charge in [-0.25, -0.2) is 8.96 Å². The van der Waals surface area contributed by atoms with Crippen molar-refractivity contribution in [3.63, 3.8) is 0 Å². The molecule has 0 unspecified atom stereocenters. The van der Waals surface area contributed by atoms with Crippen LogP contribution in [0.1, 0.15) is 14.8 Å². The van der Waals surface area contributed by atoms with E-state index in [9.17, 15) is 8.42 Å². The van der Waals surface area contributed by atoms with E-state index in [2.05, 4.69) is 9.17 Å². The van der Waals surface area contributed by atoms with E-state index in [0.29, 0.717) is 6.42 Å². The molecule has 0 aliphatic heterocycles. The van der Waals surface area contributed by atoms with Gasteiger partial charge in [0.25, 0.3) is 0 Å². The van der Waals surface area contributed by atoms with Gasteiger partial charge in [0.2, 0.25) is 0 Å². The summed E-state index contributed by atoms with van der Waals surface area (Å²) in [5.74, 6) is 0. The summed E-state index contributed by atoms with van der Waals surface area (Å²) in [6.45, 7) is 2.03. The van der Waals surface area contributed by atoms with Crippen LogP contribution in [-0.4, -0.2) is 24.0 Å². The van der Waals surface area contributed by atoms with Gasteiger partial charge >= 0.3 is 39.9 Å². The molecule has 0 bridgehead atoms. The van der Waals surface area contributed by atoms with Crippen LogP contribution < -0.4 is 29.6 Å². The standard InChI is InChI=1S/C6H10N2O3S.Na.H/c1-2-5-11-12(9,10)8-4-3-7-6-8;;/h3-4,6H,2,5H2,1H3;;/q;+1;-1. The Hall–Kier alpha value is 0.120. The zero-order chi connectivity index (χ0) is 9.03. The third-order valence-corrected chi connectivity index (χ3v) is 2.37. The van der Waals surface area contributed by atoms with Crippen LogP contribution in [0.2, 0.25) is 0 Å². The molecule has 0 saturated carbocycles. The Morgan fingerprint density at radius 3 is 2.77 bits per heavy atom. The zero-order valence-electron chi connectivity index (χ0n) is 8.67. The van der Waals surface area contributed by atoms with Gasteiger partial charge < -0.3 is 1.43 Å². The first-order valence-corrected chi connectivity index (χ1v) is 4.91. The van der Waals surface area contributed by atoms with Crippen LogP contribution in [0.15, 0.2) is 18.7 Å². The summed E-state index contributed by atoms with van der Waals surface area (Å²) in [6, 6.07) is 0. The van der Waals surface area contributed by atoms with Crippen LogP contribution in [-0.2, 0) is 14.5 Å². The molecule has 1 aromatic rings.